The van der Waals surface area contributed by atoms with Crippen molar-refractivity contribution >= 4 is 10.8 Å². The quantitative estimate of drug-likeness (QED) is 0.809. The number of aryl methyl sites for hydroxylation is 1. The van der Waals surface area contributed by atoms with Gasteiger partial charge in [-0.1, -0.05) is 13.3 Å². The first-order chi connectivity index (χ1) is 8.13. The Hall–Kier alpha value is -1.48. The second-order valence-corrected chi connectivity index (χ2v) is 4.32. The maximum atomic E-state index is 9.89. The van der Waals surface area contributed by atoms with Gasteiger partial charge < -0.3 is 22.6 Å². The van der Waals surface area contributed by atoms with E-state index < -0.39 is 0 Å². The molecule has 0 saturated carbocycles. The number of fused-ring (bicyclic) bond motifs is 1. The van der Waals surface area contributed by atoms with Crippen LogP contribution >= 0.6 is 0 Å². The Morgan fingerprint density at radius 3 is 2.61 bits per heavy atom. The van der Waals surface area contributed by atoms with Gasteiger partial charge in [0.15, 0.2) is 0 Å². The van der Waals surface area contributed by atoms with Gasteiger partial charge in [0.05, 0.1) is 6.42 Å². The van der Waals surface area contributed by atoms with Crippen LogP contribution in [0.5, 0.6) is 11.5 Å². The Morgan fingerprint density at radius 1 is 1.22 bits per heavy atom. The fraction of sp³-hybridized carbons (Fsp3) is 0.357. The van der Waals surface area contributed by atoms with Crippen molar-refractivity contribution in [2.75, 3.05) is 0 Å². The molecule has 0 radical (unpaired) electrons. The van der Waals surface area contributed by atoms with Crippen LogP contribution in [0.2, 0.25) is 0 Å². The summed E-state index contributed by atoms with van der Waals surface area (Å²) in [6.07, 6.45) is 4.61. The molecule has 0 spiro atoms. The number of halogens is 1. The van der Waals surface area contributed by atoms with Gasteiger partial charge in [-0.3, -0.25) is 0 Å². The molecule has 2 aromatic rings. The van der Waals surface area contributed by atoms with Gasteiger partial charge in [0, 0.05) is 17.0 Å². The van der Waals surface area contributed by atoms with E-state index >= 15 is 0 Å². The van der Waals surface area contributed by atoms with Crippen molar-refractivity contribution in [3.05, 3.63) is 29.7 Å². The van der Waals surface area contributed by atoms with E-state index in [2.05, 4.69) is 6.92 Å². The Morgan fingerprint density at radius 2 is 1.94 bits per heavy atom. The SMILES string of the molecule is CCCCc1cc2cc(O)c(C)c(O)c2c[o+]1.[Cl-]. The van der Waals surface area contributed by atoms with E-state index in [1.165, 1.54) is 0 Å². The minimum Gasteiger partial charge on any atom is -1.00 e. The molecule has 98 valence electrons. The molecule has 0 unspecified atom stereocenters. The minimum atomic E-state index is 0. The molecule has 4 heteroatoms. The van der Waals surface area contributed by atoms with Gasteiger partial charge in [0.1, 0.15) is 16.9 Å². The van der Waals surface area contributed by atoms with Gasteiger partial charge in [-0.2, -0.15) is 0 Å². The molecule has 1 heterocycles. The van der Waals surface area contributed by atoms with Crippen LogP contribution in [-0.4, -0.2) is 10.2 Å². The van der Waals surface area contributed by atoms with E-state index in [1.807, 2.05) is 6.07 Å². The van der Waals surface area contributed by atoms with Crippen molar-refractivity contribution < 1.29 is 27.0 Å². The second kappa shape index (κ2) is 5.91. The van der Waals surface area contributed by atoms with E-state index in [4.69, 9.17) is 4.42 Å². The van der Waals surface area contributed by atoms with Crippen LogP contribution < -0.4 is 12.4 Å². The summed E-state index contributed by atoms with van der Waals surface area (Å²) in [4.78, 5) is 0. The van der Waals surface area contributed by atoms with Gasteiger partial charge in [0.25, 0.3) is 0 Å². The lowest BCUT2D eigenvalue weighted by atomic mass is 10.1. The first-order valence-corrected chi connectivity index (χ1v) is 5.89. The van der Waals surface area contributed by atoms with E-state index in [-0.39, 0.29) is 23.9 Å². The summed E-state index contributed by atoms with van der Waals surface area (Å²) in [5.41, 5.74) is 0.481. The fourth-order valence-corrected chi connectivity index (χ4v) is 1.86. The number of unbranched alkanes of at least 4 members (excludes halogenated alkanes) is 1. The van der Waals surface area contributed by atoms with Crippen molar-refractivity contribution in [1.82, 2.24) is 0 Å². The van der Waals surface area contributed by atoms with Crippen molar-refractivity contribution in [2.45, 2.75) is 33.1 Å². The van der Waals surface area contributed by atoms with Crippen LogP contribution in [-0.2, 0) is 6.42 Å². The lowest BCUT2D eigenvalue weighted by molar-refractivity contribution is -0.00000610. The summed E-state index contributed by atoms with van der Waals surface area (Å²) >= 11 is 0. The maximum Gasteiger partial charge on any atom is 0.329 e. The summed E-state index contributed by atoms with van der Waals surface area (Å²) in [6.45, 7) is 3.80. The molecule has 1 aromatic heterocycles. The highest BCUT2D eigenvalue weighted by Gasteiger charge is 2.15. The first kappa shape index (κ1) is 14.6. The van der Waals surface area contributed by atoms with Gasteiger partial charge in [-0.25, -0.2) is 4.42 Å². The highest BCUT2D eigenvalue weighted by Crippen LogP contribution is 2.35. The highest BCUT2D eigenvalue weighted by atomic mass is 35.5. The van der Waals surface area contributed by atoms with E-state index in [0.717, 1.165) is 30.4 Å². The van der Waals surface area contributed by atoms with Gasteiger partial charge >= 0.3 is 12.0 Å². The Bertz CT molecular complexity index is 552. The normalized spacial score (nSPS) is 10.3. The zero-order valence-corrected chi connectivity index (χ0v) is 11.3. The summed E-state index contributed by atoms with van der Waals surface area (Å²) in [6, 6.07) is 3.54. The van der Waals surface area contributed by atoms with Gasteiger partial charge in [0.2, 0.25) is 0 Å². The summed E-state index contributed by atoms with van der Waals surface area (Å²) in [5.74, 6) is 1.08. The molecule has 0 amide bonds. The van der Waals surface area contributed by atoms with E-state index in [9.17, 15) is 10.2 Å². The van der Waals surface area contributed by atoms with E-state index in [1.54, 1.807) is 19.3 Å². The van der Waals surface area contributed by atoms with Gasteiger partial charge in [-0.05, 0) is 19.4 Å². The lowest BCUT2D eigenvalue weighted by Crippen LogP contribution is -3.00. The number of rotatable bonds is 3. The number of hydrogen-bond acceptors (Lipinski definition) is 2. The predicted molar refractivity (Wildman–Crippen MR) is 67.3 cm³/mol. The monoisotopic (exact) mass is 268 g/mol. The molecule has 2 rings (SSSR count). The molecule has 0 aliphatic rings. The molecule has 18 heavy (non-hydrogen) atoms. The third-order valence-corrected chi connectivity index (χ3v) is 3.02. The Balaban J connectivity index is 0.00000162. The predicted octanol–water partition coefficient (Wildman–Crippen LogP) is 0.780. The van der Waals surface area contributed by atoms with E-state index in [0.29, 0.717) is 10.9 Å². The maximum absolute atomic E-state index is 9.89. The molecule has 0 saturated heterocycles. The summed E-state index contributed by atoms with van der Waals surface area (Å²) in [5, 5.41) is 21.0. The van der Waals surface area contributed by atoms with Crippen LogP contribution in [0.15, 0.2) is 22.8 Å². The molecular weight excluding hydrogens is 252 g/mol. The van der Waals surface area contributed by atoms with Gasteiger partial charge in [-0.15, -0.1) is 0 Å². The largest absolute Gasteiger partial charge is 1.00 e. The average molecular weight is 269 g/mol. The summed E-state index contributed by atoms with van der Waals surface area (Å²) in [7, 11) is 0. The van der Waals surface area contributed by atoms with Crippen LogP contribution in [0.1, 0.15) is 31.1 Å². The van der Waals surface area contributed by atoms with Crippen molar-refractivity contribution in [3.8, 4) is 11.5 Å². The Kier molecular flexibility index (Phi) is 4.79. The highest BCUT2D eigenvalue weighted by molar-refractivity contribution is 5.90. The second-order valence-electron chi connectivity index (χ2n) is 4.32. The standard InChI is InChI=1S/C14H16O3.ClH/c1-3-4-5-11-6-10-7-13(15)9(2)14(16)12(10)8-17-11;/h6-8H,3-5H2,1-2H3,(H-,15,16);1H. The Labute approximate surface area is 112 Å². The number of phenols is 2. The van der Waals surface area contributed by atoms with Crippen molar-refractivity contribution in [3.63, 3.8) is 0 Å². The topological polar surface area (TPSA) is 51.8 Å². The molecule has 2 N–H and O–H groups in total. The molecule has 0 aliphatic heterocycles. The third-order valence-electron chi connectivity index (χ3n) is 3.02. The fourth-order valence-electron chi connectivity index (χ4n) is 1.86. The lowest BCUT2D eigenvalue weighted by Gasteiger charge is -2.03. The zero-order valence-electron chi connectivity index (χ0n) is 10.5. The number of hydrogen-bond donors (Lipinski definition) is 2. The summed E-state index contributed by atoms with van der Waals surface area (Å²) < 4.78 is 5.48. The third kappa shape index (κ3) is 2.67. The molecule has 0 bridgehead atoms. The smallest absolute Gasteiger partial charge is 0.329 e. The van der Waals surface area contributed by atoms with Crippen molar-refractivity contribution in [1.29, 1.82) is 0 Å². The molecule has 0 fully saturated rings. The van der Waals surface area contributed by atoms with Crippen LogP contribution in [0.25, 0.3) is 10.8 Å². The number of benzene rings is 1. The number of aromatic hydroxyl groups is 2. The first-order valence-electron chi connectivity index (χ1n) is 5.89. The minimum absolute atomic E-state index is 0. The zero-order chi connectivity index (χ0) is 12.4. The molecule has 0 aliphatic carbocycles. The molecule has 0 atom stereocenters. The van der Waals surface area contributed by atoms with Crippen LogP contribution in [0.4, 0.5) is 0 Å². The molecule has 3 nitrogen and oxygen atoms in total. The van der Waals surface area contributed by atoms with Crippen molar-refractivity contribution in [2.24, 2.45) is 0 Å². The number of phenolic OH excluding ortho intramolecular Hbond substituents is 2. The molecule has 1 aromatic carbocycles. The average Bonchev–Trinajstić information content (AvgIpc) is 2.33. The molecular formula is C14H17ClO3. The van der Waals surface area contributed by atoms with Crippen LogP contribution in [0, 0.1) is 6.92 Å². The van der Waals surface area contributed by atoms with Crippen LogP contribution in [0.3, 0.4) is 0 Å².